The van der Waals surface area contributed by atoms with E-state index in [0.717, 1.165) is 46.9 Å². The van der Waals surface area contributed by atoms with E-state index in [9.17, 15) is 49.5 Å². The van der Waals surface area contributed by atoms with Crippen LogP contribution in [-0.4, -0.2) is 47.0 Å². The highest BCUT2D eigenvalue weighted by Crippen LogP contribution is 2.57. The third-order valence-corrected chi connectivity index (χ3v) is 9.27. The number of halogens is 6. The fourth-order valence-corrected chi connectivity index (χ4v) is 6.04. The molecule has 0 saturated heterocycles. The molecule has 216 valence electrons. The number of thiazole rings is 2. The summed E-state index contributed by atoms with van der Waals surface area (Å²) in [5, 5.41) is 16.1. The van der Waals surface area contributed by atoms with Crippen LogP contribution in [-0.2, 0) is 39.0 Å². The zero-order chi connectivity index (χ0) is 29.5. The van der Waals surface area contributed by atoms with Crippen LogP contribution < -0.4 is 10.6 Å². The summed E-state index contributed by atoms with van der Waals surface area (Å²) < 4.78 is 101. The minimum atomic E-state index is -5.52. The topological polar surface area (TPSA) is 138 Å². The van der Waals surface area contributed by atoms with Gasteiger partial charge in [-0.25, -0.2) is 18.4 Å². The third kappa shape index (κ3) is 5.98. The van der Waals surface area contributed by atoms with E-state index in [0.29, 0.717) is 4.88 Å². The van der Waals surface area contributed by atoms with Gasteiger partial charge in [0.2, 0.25) is 11.8 Å². The minimum Gasteiger partial charge on any atom is -0.389 e. The molecule has 1 aliphatic rings. The summed E-state index contributed by atoms with van der Waals surface area (Å²) in [4.78, 5) is 32.4. The number of aliphatic hydroxyl groups excluding tert-OH is 1. The summed E-state index contributed by atoms with van der Waals surface area (Å²) in [5.41, 5.74) is -7.18. The molecule has 0 spiro atoms. The second-order valence-corrected chi connectivity index (χ2v) is 12.5. The predicted molar refractivity (Wildman–Crippen MR) is 131 cm³/mol. The van der Waals surface area contributed by atoms with E-state index in [-0.39, 0.29) is 52.9 Å². The van der Waals surface area contributed by atoms with Crippen molar-refractivity contribution in [3.05, 3.63) is 45.9 Å². The highest BCUT2D eigenvalue weighted by molar-refractivity contribution is 7.92. The van der Waals surface area contributed by atoms with Gasteiger partial charge in [0.15, 0.2) is 5.13 Å². The van der Waals surface area contributed by atoms with Gasteiger partial charge in [-0.2, -0.15) is 26.3 Å². The van der Waals surface area contributed by atoms with E-state index < -0.39 is 50.3 Å². The average Bonchev–Trinajstić information content (AvgIpc) is 3.42. The molecule has 0 radical (unpaired) electrons. The van der Waals surface area contributed by atoms with Gasteiger partial charge in [-0.15, -0.1) is 22.7 Å². The van der Waals surface area contributed by atoms with Crippen LogP contribution in [0.2, 0.25) is 0 Å². The van der Waals surface area contributed by atoms with Crippen molar-refractivity contribution >= 4 is 49.5 Å². The molecule has 1 fully saturated rings. The molecular weight excluding hydrogens is 610 g/mol. The summed E-state index contributed by atoms with van der Waals surface area (Å²) in [6.45, 7) is -0.809. The lowest BCUT2D eigenvalue weighted by atomic mass is 10.1. The van der Waals surface area contributed by atoms with Crippen LogP contribution in [0.1, 0.15) is 29.1 Å². The molecule has 0 atom stereocenters. The Kier molecular flexibility index (Phi) is 8.00. The van der Waals surface area contributed by atoms with Crippen molar-refractivity contribution in [2.45, 2.75) is 49.0 Å². The number of hydrogen-bond acceptors (Lipinski definition) is 9. The molecule has 4 rings (SSSR count). The van der Waals surface area contributed by atoms with Crippen LogP contribution in [0.15, 0.2) is 34.5 Å². The van der Waals surface area contributed by atoms with Crippen LogP contribution in [0.5, 0.6) is 0 Å². The number of sulfone groups is 1. The average molecular weight is 629 g/mol. The van der Waals surface area contributed by atoms with Crippen LogP contribution in [0.4, 0.5) is 31.5 Å². The van der Waals surface area contributed by atoms with Gasteiger partial charge in [0, 0.05) is 5.38 Å². The van der Waals surface area contributed by atoms with Crippen molar-refractivity contribution in [3.63, 3.8) is 0 Å². The molecule has 40 heavy (non-hydrogen) atoms. The number of anilines is 1. The van der Waals surface area contributed by atoms with Crippen molar-refractivity contribution in [2.75, 3.05) is 5.32 Å². The van der Waals surface area contributed by atoms with Crippen molar-refractivity contribution in [3.8, 4) is 10.6 Å². The number of alkyl halides is 6. The van der Waals surface area contributed by atoms with E-state index in [1.54, 1.807) is 0 Å². The predicted octanol–water partition coefficient (Wildman–Crippen LogP) is 4.19. The molecule has 2 aromatic heterocycles. The van der Waals surface area contributed by atoms with Gasteiger partial charge in [0.05, 0.1) is 40.7 Å². The van der Waals surface area contributed by atoms with Gasteiger partial charge in [-0.05, 0) is 30.5 Å². The number of benzene rings is 1. The molecule has 9 nitrogen and oxygen atoms in total. The molecule has 3 N–H and O–H groups in total. The van der Waals surface area contributed by atoms with E-state index in [2.05, 4.69) is 20.6 Å². The Labute approximate surface area is 230 Å². The number of carbonyl (C=O) groups is 2. The van der Waals surface area contributed by atoms with Crippen LogP contribution in [0.3, 0.4) is 0 Å². The van der Waals surface area contributed by atoms with Crippen LogP contribution in [0, 0.1) is 5.41 Å². The first kappa shape index (κ1) is 29.9. The first-order valence-electron chi connectivity index (χ1n) is 11.2. The SMILES string of the molecule is O=C(Cc1ccc(S(=O)(=O)C(F)(F)F)cc1)Nc1nc(-c2sc(CO)nc2CNC(=O)C2(C(F)(F)F)CC2)cs1. The summed E-state index contributed by atoms with van der Waals surface area (Å²) in [6.07, 6.45) is -5.60. The number of rotatable bonds is 9. The molecule has 1 aromatic carbocycles. The Morgan fingerprint density at radius 1 is 1.05 bits per heavy atom. The Morgan fingerprint density at radius 2 is 1.70 bits per heavy atom. The maximum atomic E-state index is 13.2. The molecule has 0 aliphatic heterocycles. The molecule has 2 amide bonds. The summed E-state index contributed by atoms with van der Waals surface area (Å²) in [6, 6.07) is 3.64. The number of amides is 2. The number of aromatic nitrogens is 2. The smallest absolute Gasteiger partial charge is 0.389 e. The van der Waals surface area contributed by atoms with E-state index in [4.69, 9.17) is 0 Å². The lowest BCUT2D eigenvalue weighted by molar-refractivity contribution is -0.192. The third-order valence-electron chi connectivity index (χ3n) is 5.91. The highest BCUT2D eigenvalue weighted by atomic mass is 32.2. The van der Waals surface area contributed by atoms with Crippen LogP contribution >= 0.6 is 22.7 Å². The number of hydrogen-bond donors (Lipinski definition) is 3. The minimum absolute atomic E-state index is 0.110. The van der Waals surface area contributed by atoms with Crippen LogP contribution in [0.25, 0.3) is 10.6 Å². The molecule has 1 saturated carbocycles. The Hall–Kier alpha value is -3.09. The summed E-state index contributed by atoms with van der Waals surface area (Å²) in [5.74, 6) is -1.78. The standard InChI is InChI=1S/C22H18F6N4O5S3/c23-21(24,25)20(5-6-20)18(35)29-8-13-17(39-16(9-33)30-13)14-10-38-19(31-14)32-15(34)7-11-1-3-12(4-2-11)40(36,37)22(26,27)28/h1-4,10,33H,5-9H2,(H,29,35)(H,31,32,34). The summed E-state index contributed by atoms with van der Waals surface area (Å²) in [7, 11) is -5.52. The van der Waals surface area contributed by atoms with E-state index in [1.807, 2.05) is 0 Å². The summed E-state index contributed by atoms with van der Waals surface area (Å²) >= 11 is 1.99. The Balaban J connectivity index is 1.42. The maximum absolute atomic E-state index is 13.2. The fraction of sp³-hybridized carbons (Fsp3) is 0.364. The van der Waals surface area contributed by atoms with Gasteiger partial charge < -0.3 is 15.7 Å². The first-order chi connectivity index (χ1) is 18.6. The van der Waals surface area contributed by atoms with Gasteiger partial charge in [0.1, 0.15) is 10.4 Å². The van der Waals surface area contributed by atoms with E-state index >= 15 is 0 Å². The monoisotopic (exact) mass is 628 g/mol. The quantitative estimate of drug-likeness (QED) is 0.302. The van der Waals surface area contributed by atoms with Crippen molar-refractivity contribution in [1.29, 1.82) is 0 Å². The maximum Gasteiger partial charge on any atom is 0.501 e. The van der Waals surface area contributed by atoms with E-state index in [1.165, 1.54) is 5.38 Å². The van der Waals surface area contributed by atoms with Crippen molar-refractivity contribution < 1.29 is 49.5 Å². The second-order valence-electron chi connectivity index (χ2n) is 8.66. The highest BCUT2D eigenvalue weighted by Gasteiger charge is 2.68. The zero-order valence-corrected chi connectivity index (χ0v) is 22.3. The van der Waals surface area contributed by atoms with Crippen molar-refractivity contribution in [1.82, 2.24) is 15.3 Å². The first-order valence-corrected chi connectivity index (χ1v) is 14.4. The fourth-order valence-electron chi connectivity index (χ4n) is 3.59. The second kappa shape index (κ2) is 10.7. The van der Waals surface area contributed by atoms with Gasteiger partial charge in [0.25, 0.3) is 9.84 Å². The van der Waals surface area contributed by atoms with Gasteiger partial charge >= 0.3 is 11.7 Å². The molecule has 2 heterocycles. The molecule has 1 aliphatic carbocycles. The Bertz CT molecular complexity index is 1530. The largest absolute Gasteiger partial charge is 0.501 e. The Morgan fingerprint density at radius 3 is 2.25 bits per heavy atom. The normalized spacial score (nSPS) is 15.1. The number of aliphatic hydroxyl groups is 1. The molecule has 0 bridgehead atoms. The lowest BCUT2D eigenvalue weighted by Gasteiger charge is -2.18. The van der Waals surface area contributed by atoms with Gasteiger partial charge in [-0.1, -0.05) is 12.1 Å². The van der Waals surface area contributed by atoms with Crippen molar-refractivity contribution in [2.24, 2.45) is 5.41 Å². The molecular formula is C22H18F6N4O5S3. The number of carbonyl (C=O) groups excluding carboxylic acids is 2. The molecule has 18 heteroatoms. The number of nitrogens with zero attached hydrogens (tertiary/aromatic N) is 2. The zero-order valence-electron chi connectivity index (χ0n) is 19.9. The number of nitrogens with one attached hydrogen (secondary N) is 2. The lowest BCUT2D eigenvalue weighted by Crippen LogP contribution is -2.41. The molecule has 3 aromatic rings. The molecule has 0 unspecified atom stereocenters. The van der Waals surface area contributed by atoms with Gasteiger partial charge in [-0.3, -0.25) is 9.59 Å².